The van der Waals surface area contributed by atoms with Gasteiger partial charge < -0.3 is 9.31 Å². The highest BCUT2D eigenvalue weighted by Gasteiger charge is 2.51. The number of hydrogen-bond donors (Lipinski definition) is 0. The van der Waals surface area contributed by atoms with Crippen molar-refractivity contribution in [1.29, 1.82) is 0 Å². The third kappa shape index (κ3) is 5.70. The Labute approximate surface area is 257 Å². The summed E-state index contributed by atoms with van der Waals surface area (Å²) < 4.78 is 13.2. The lowest BCUT2D eigenvalue weighted by Crippen LogP contribution is -2.41. The number of pyridine rings is 1. The number of rotatable bonds is 5. The zero-order chi connectivity index (χ0) is 30.4. The first-order valence-corrected chi connectivity index (χ1v) is 15.1. The summed E-state index contributed by atoms with van der Waals surface area (Å²) in [5, 5.41) is 0. The SMILES string of the molecule is CC(C)(C)c1cncc(-c2ccccc2-c2cc(B3OC(C)(C)C(C)(C)O3)cc(-c3ccccc3-c3ccccc3)c2)c1. The normalized spacial score (nSPS) is 15.9. The smallest absolute Gasteiger partial charge is 0.399 e. The fourth-order valence-corrected chi connectivity index (χ4v) is 5.67. The molecule has 5 aromatic rings. The zero-order valence-corrected chi connectivity index (χ0v) is 26.3. The van der Waals surface area contributed by atoms with Gasteiger partial charge in [0.15, 0.2) is 0 Å². The topological polar surface area (TPSA) is 31.4 Å². The molecule has 1 aliphatic heterocycles. The van der Waals surface area contributed by atoms with Crippen LogP contribution in [-0.2, 0) is 14.7 Å². The molecule has 0 aliphatic carbocycles. The van der Waals surface area contributed by atoms with Gasteiger partial charge in [-0.3, -0.25) is 4.98 Å². The first-order chi connectivity index (χ1) is 20.4. The maximum atomic E-state index is 6.58. The van der Waals surface area contributed by atoms with Crippen LogP contribution in [0, 0.1) is 0 Å². The van der Waals surface area contributed by atoms with E-state index in [1.54, 1.807) is 0 Å². The predicted molar refractivity (Wildman–Crippen MR) is 180 cm³/mol. The van der Waals surface area contributed by atoms with Crippen LogP contribution in [0.2, 0.25) is 0 Å². The molecule has 2 heterocycles. The van der Waals surface area contributed by atoms with Gasteiger partial charge in [0, 0.05) is 18.0 Å². The van der Waals surface area contributed by atoms with E-state index in [4.69, 9.17) is 9.31 Å². The first-order valence-electron chi connectivity index (χ1n) is 15.1. The van der Waals surface area contributed by atoms with Crippen LogP contribution in [0.5, 0.6) is 0 Å². The second-order valence-corrected chi connectivity index (χ2v) is 13.6. The standard InChI is InChI=1S/C39H40BNO2/c1-37(2,3)31-22-30(25-41-26-31)36-20-14-13-19-35(36)29-21-28(23-32(24-29)40-42-38(4,5)39(6,7)43-40)34-18-12-11-17-33(34)27-15-9-8-10-16-27/h8-26H,1-7H3. The number of benzene rings is 4. The highest BCUT2D eigenvalue weighted by Crippen LogP contribution is 2.40. The van der Waals surface area contributed by atoms with Gasteiger partial charge in [0.1, 0.15) is 0 Å². The Kier molecular flexibility index (Phi) is 7.40. The summed E-state index contributed by atoms with van der Waals surface area (Å²) in [5.41, 5.74) is 10.5. The maximum Gasteiger partial charge on any atom is 0.494 e. The lowest BCUT2D eigenvalue weighted by atomic mass is 9.75. The monoisotopic (exact) mass is 565 g/mol. The van der Waals surface area contributed by atoms with Crippen LogP contribution < -0.4 is 5.46 Å². The molecule has 1 saturated heterocycles. The molecule has 1 fully saturated rings. The maximum absolute atomic E-state index is 6.58. The molecular weight excluding hydrogens is 525 g/mol. The Morgan fingerprint density at radius 3 is 1.51 bits per heavy atom. The molecular formula is C39H40BNO2. The summed E-state index contributed by atoms with van der Waals surface area (Å²) in [6.45, 7) is 15.1. The fourth-order valence-electron chi connectivity index (χ4n) is 5.67. The van der Waals surface area contributed by atoms with Crippen LogP contribution in [0.4, 0.5) is 0 Å². The second kappa shape index (κ2) is 10.9. The van der Waals surface area contributed by atoms with Crippen molar-refractivity contribution in [2.75, 3.05) is 0 Å². The minimum Gasteiger partial charge on any atom is -0.399 e. The summed E-state index contributed by atoms with van der Waals surface area (Å²) in [7, 11) is -0.481. The lowest BCUT2D eigenvalue weighted by Gasteiger charge is -2.32. The highest BCUT2D eigenvalue weighted by molar-refractivity contribution is 6.62. The molecule has 6 rings (SSSR count). The minimum atomic E-state index is -0.481. The van der Waals surface area contributed by atoms with E-state index in [1.165, 1.54) is 22.3 Å². The number of hydrogen-bond acceptors (Lipinski definition) is 3. The van der Waals surface area contributed by atoms with Gasteiger partial charge in [0.25, 0.3) is 0 Å². The largest absolute Gasteiger partial charge is 0.494 e. The van der Waals surface area contributed by atoms with Gasteiger partial charge in [-0.1, -0.05) is 112 Å². The van der Waals surface area contributed by atoms with Crippen LogP contribution in [-0.4, -0.2) is 23.3 Å². The van der Waals surface area contributed by atoms with Crippen molar-refractivity contribution < 1.29 is 9.31 Å². The molecule has 0 atom stereocenters. The van der Waals surface area contributed by atoms with Gasteiger partial charge in [-0.25, -0.2) is 0 Å². The van der Waals surface area contributed by atoms with Gasteiger partial charge in [-0.2, -0.15) is 0 Å². The molecule has 1 aliphatic rings. The summed E-state index contributed by atoms with van der Waals surface area (Å²) in [5.74, 6) is 0. The molecule has 0 N–H and O–H groups in total. The minimum absolute atomic E-state index is 0.00292. The predicted octanol–water partition coefficient (Wildman–Crippen LogP) is 9.35. The van der Waals surface area contributed by atoms with Crippen molar-refractivity contribution >= 4 is 12.6 Å². The molecule has 0 amide bonds. The van der Waals surface area contributed by atoms with E-state index in [1.807, 2.05) is 12.4 Å². The quantitative estimate of drug-likeness (QED) is 0.199. The van der Waals surface area contributed by atoms with E-state index in [-0.39, 0.29) is 5.41 Å². The van der Waals surface area contributed by atoms with E-state index in [0.717, 1.165) is 33.3 Å². The van der Waals surface area contributed by atoms with Crippen LogP contribution in [0.1, 0.15) is 54.0 Å². The van der Waals surface area contributed by atoms with E-state index in [0.29, 0.717) is 0 Å². The Morgan fingerprint density at radius 2 is 1.00 bits per heavy atom. The van der Waals surface area contributed by atoms with E-state index in [9.17, 15) is 0 Å². The molecule has 4 aromatic carbocycles. The molecule has 1 aromatic heterocycles. The third-order valence-electron chi connectivity index (χ3n) is 8.96. The summed E-state index contributed by atoms with van der Waals surface area (Å²) in [6.07, 6.45) is 3.95. The Hall–Kier alpha value is -3.99. The van der Waals surface area contributed by atoms with Crippen molar-refractivity contribution in [2.45, 2.75) is 65.1 Å². The number of aromatic nitrogens is 1. The molecule has 3 nitrogen and oxygen atoms in total. The average Bonchev–Trinajstić information content (AvgIpc) is 3.23. The van der Waals surface area contributed by atoms with Crippen LogP contribution in [0.25, 0.3) is 44.5 Å². The third-order valence-corrected chi connectivity index (χ3v) is 8.96. The van der Waals surface area contributed by atoms with E-state index in [2.05, 4.69) is 157 Å². The average molecular weight is 566 g/mol. The Morgan fingerprint density at radius 1 is 0.535 bits per heavy atom. The first kappa shape index (κ1) is 29.1. The molecule has 0 bridgehead atoms. The van der Waals surface area contributed by atoms with Crippen molar-refractivity contribution in [3.05, 3.63) is 121 Å². The zero-order valence-electron chi connectivity index (χ0n) is 26.3. The highest BCUT2D eigenvalue weighted by atomic mass is 16.7. The van der Waals surface area contributed by atoms with Crippen LogP contribution in [0.15, 0.2) is 116 Å². The van der Waals surface area contributed by atoms with E-state index < -0.39 is 18.3 Å². The molecule has 216 valence electrons. The van der Waals surface area contributed by atoms with Gasteiger partial charge in [-0.05, 0) is 95.2 Å². The molecule has 0 spiro atoms. The van der Waals surface area contributed by atoms with Crippen molar-refractivity contribution in [2.24, 2.45) is 0 Å². The summed E-state index contributed by atoms with van der Waals surface area (Å²) in [6, 6.07) is 36.9. The van der Waals surface area contributed by atoms with Gasteiger partial charge in [0.2, 0.25) is 0 Å². The van der Waals surface area contributed by atoms with Crippen LogP contribution in [0.3, 0.4) is 0 Å². The molecule has 0 unspecified atom stereocenters. The van der Waals surface area contributed by atoms with Crippen molar-refractivity contribution in [3.8, 4) is 44.5 Å². The molecule has 0 radical (unpaired) electrons. The van der Waals surface area contributed by atoms with Gasteiger partial charge in [0.05, 0.1) is 11.2 Å². The Bertz CT molecular complexity index is 1750. The van der Waals surface area contributed by atoms with Gasteiger partial charge >= 0.3 is 7.12 Å². The van der Waals surface area contributed by atoms with Gasteiger partial charge in [-0.15, -0.1) is 0 Å². The summed E-state index contributed by atoms with van der Waals surface area (Å²) in [4.78, 5) is 4.65. The fraction of sp³-hybridized carbons (Fsp3) is 0.256. The lowest BCUT2D eigenvalue weighted by molar-refractivity contribution is 0.00578. The second-order valence-electron chi connectivity index (χ2n) is 13.6. The van der Waals surface area contributed by atoms with Crippen LogP contribution >= 0.6 is 0 Å². The van der Waals surface area contributed by atoms with E-state index >= 15 is 0 Å². The molecule has 4 heteroatoms. The molecule has 0 saturated carbocycles. The Balaban J connectivity index is 1.56. The number of nitrogens with zero attached hydrogens (tertiary/aromatic N) is 1. The summed E-state index contributed by atoms with van der Waals surface area (Å²) >= 11 is 0. The van der Waals surface area contributed by atoms with Crippen molar-refractivity contribution in [1.82, 2.24) is 4.98 Å². The van der Waals surface area contributed by atoms with Crippen molar-refractivity contribution in [3.63, 3.8) is 0 Å². The molecule has 43 heavy (non-hydrogen) atoms.